The second kappa shape index (κ2) is 6.17. The zero-order chi connectivity index (χ0) is 15.6. The van der Waals surface area contributed by atoms with Gasteiger partial charge < -0.3 is 9.88 Å². The zero-order valence-corrected chi connectivity index (χ0v) is 13.8. The van der Waals surface area contributed by atoms with Crippen LogP contribution in [0.25, 0.3) is 22.6 Å². The van der Waals surface area contributed by atoms with Crippen LogP contribution in [-0.4, -0.2) is 56.7 Å². The van der Waals surface area contributed by atoms with Crippen molar-refractivity contribution in [2.24, 2.45) is 0 Å². The van der Waals surface area contributed by atoms with Crippen LogP contribution in [0, 0.1) is 0 Å². The van der Waals surface area contributed by atoms with Crippen molar-refractivity contribution < 1.29 is 0 Å². The molecule has 118 valence electrons. The number of nitrogens with one attached hydrogen (secondary N) is 1. The van der Waals surface area contributed by atoms with E-state index in [2.05, 4.69) is 30.4 Å². The maximum Gasteiger partial charge on any atom is 0.226 e. The molecule has 0 bridgehead atoms. The molecule has 0 radical (unpaired) electrons. The molecule has 4 rings (SSSR count). The first-order valence-corrected chi connectivity index (χ1v) is 8.84. The van der Waals surface area contributed by atoms with Crippen molar-refractivity contribution in [3.63, 3.8) is 0 Å². The molecule has 0 spiro atoms. The Morgan fingerprint density at radius 2 is 1.87 bits per heavy atom. The Balaban J connectivity index is 1.61. The van der Waals surface area contributed by atoms with Crippen molar-refractivity contribution in [3.05, 3.63) is 36.5 Å². The van der Waals surface area contributed by atoms with Crippen LogP contribution >= 0.6 is 11.9 Å². The third kappa shape index (κ3) is 2.89. The molecule has 6 nitrogen and oxygen atoms in total. The number of fused-ring (bicyclic) bond motifs is 1. The Hall–Kier alpha value is -2.12. The molecule has 1 aromatic carbocycles. The van der Waals surface area contributed by atoms with Gasteiger partial charge in [-0.05, 0) is 24.5 Å². The molecule has 0 amide bonds. The molecule has 1 N–H and O–H groups in total. The van der Waals surface area contributed by atoms with Crippen molar-refractivity contribution in [1.29, 1.82) is 0 Å². The monoisotopic (exact) mass is 326 g/mol. The van der Waals surface area contributed by atoms with Crippen molar-refractivity contribution in [2.75, 3.05) is 37.3 Å². The normalized spacial score (nSPS) is 16.1. The van der Waals surface area contributed by atoms with E-state index in [1.807, 2.05) is 36.5 Å². The van der Waals surface area contributed by atoms with Crippen LogP contribution in [0.2, 0.25) is 0 Å². The zero-order valence-electron chi connectivity index (χ0n) is 12.9. The van der Waals surface area contributed by atoms with Gasteiger partial charge in [0.05, 0.1) is 11.0 Å². The van der Waals surface area contributed by atoms with Gasteiger partial charge in [0.2, 0.25) is 5.95 Å². The Morgan fingerprint density at radius 3 is 2.65 bits per heavy atom. The van der Waals surface area contributed by atoms with E-state index < -0.39 is 0 Å². The average Bonchev–Trinajstić information content (AvgIpc) is 3.06. The Kier molecular flexibility index (Phi) is 3.88. The summed E-state index contributed by atoms with van der Waals surface area (Å²) in [7, 11) is 0. The summed E-state index contributed by atoms with van der Waals surface area (Å²) in [5.41, 5.74) is 2.81. The lowest BCUT2D eigenvalue weighted by molar-refractivity contribution is 0.427. The minimum Gasteiger partial charge on any atom is -0.338 e. The molecular weight excluding hydrogens is 308 g/mol. The van der Waals surface area contributed by atoms with Crippen LogP contribution in [0.3, 0.4) is 0 Å². The predicted molar refractivity (Wildman–Crippen MR) is 94.4 cm³/mol. The third-order valence-corrected chi connectivity index (χ3v) is 4.94. The number of rotatable bonds is 3. The number of hydrogen-bond donors (Lipinski definition) is 1. The molecule has 0 saturated carbocycles. The molecule has 0 aliphatic carbocycles. The molecule has 1 fully saturated rings. The van der Waals surface area contributed by atoms with Gasteiger partial charge in [-0.15, -0.1) is 0 Å². The lowest BCUT2D eigenvalue weighted by Gasteiger charge is -2.33. The number of aromatic amines is 1. The number of aromatic nitrogens is 4. The maximum absolute atomic E-state index is 4.71. The van der Waals surface area contributed by atoms with Crippen molar-refractivity contribution in [1.82, 2.24) is 24.2 Å². The molecule has 1 aliphatic heterocycles. The summed E-state index contributed by atoms with van der Waals surface area (Å²) in [4.78, 5) is 19.3. The predicted octanol–water partition coefficient (Wildman–Crippen LogP) is 2.42. The highest BCUT2D eigenvalue weighted by molar-refractivity contribution is 7.96. The fourth-order valence-electron chi connectivity index (χ4n) is 2.78. The quantitative estimate of drug-likeness (QED) is 0.746. The van der Waals surface area contributed by atoms with Gasteiger partial charge >= 0.3 is 0 Å². The highest BCUT2D eigenvalue weighted by atomic mass is 32.2. The molecule has 2 aromatic heterocycles. The Labute approximate surface area is 139 Å². The summed E-state index contributed by atoms with van der Waals surface area (Å²) in [6, 6.07) is 9.92. The van der Waals surface area contributed by atoms with Gasteiger partial charge in [0, 0.05) is 32.4 Å². The fraction of sp³-hybridized carbons (Fsp3) is 0.312. The summed E-state index contributed by atoms with van der Waals surface area (Å²) < 4.78 is 2.36. The number of anilines is 1. The van der Waals surface area contributed by atoms with Gasteiger partial charge in [0.1, 0.15) is 5.69 Å². The molecule has 0 atom stereocenters. The van der Waals surface area contributed by atoms with E-state index in [1.54, 1.807) is 11.9 Å². The summed E-state index contributed by atoms with van der Waals surface area (Å²) in [5, 5.41) is 0. The lowest BCUT2D eigenvalue weighted by atomic mass is 10.3. The molecule has 23 heavy (non-hydrogen) atoms. The number of hydrogen-bond acceptors (Lipinski definition) is 6. The fourth-order valence-corrected chi connectivity index (χ4v) is 3.31. The molecule has 0 unspecified atom stereocenters. The largest absolute Gasteiger partial charge is 0.338 e. The van der Waals surface area contributed by atoms with Crippen LogP contribution < -0.4 is 4.90 Å². The van der Waals surface area contributed by atoms with E-state index in [0.717, 1.165) is 54.7 Å². The number of imidazole rings is 1. The van der Waals surface area contributed by atoms with E-state index in [1.165, 1.54) is 0 Å². The van der Waals surface area contributed by atoms with Crippen LogP contribution in [-0.2, 0) is 0 Å². The van der Waals surface area contributed by atoms with Crippen LogP contribution in [0.1, 0.15) is 0 Å². The van der Waals surface area contributed by atoms with Gasteiger partial charge in [-0.3, -0.25) is 0 Å². The molecule has 3 heterocycles. The van der Waals surface area contributed by atoms with Crippen LogP contribution in [0.4, 0.5) is 5.95 Å². The number of H-pyrrole nitrogens is 1. The maximum atomic E-state index is 4.71. The number of nitrogens with zero attached hydrogens (tertiary/aromatic N) is 5. The van der Waals surface area contributed by atoms with Crippen molar-refractivity contribution in [3.8, 4) is 11.5 Å². The standard InChI is InChI=1S/C16H18N6S/c1-23-22-10-8-21(9-11-22)16-17-7-6-14(20-16)15-18-12-4-2-3-5-13(12)19-15/h2-7H,8-11H2,1H3,(H,18,19). The first kappa shape index (κ1) is 14.5. The van der Waals surface area contributed by atoms with Gasteiger partial charge in [-0.1, -0.05) is 24.1 Å². The highest BCUT2D eigenvalue weighted by Crippen LogP contribution is 2.21. The highest BCUT2D eigenvalue weighted by Gasteiger charge is 2.19. The van der Waals surface area contributed by atoms with Gasteiger partial charge in [0.25, 0.3) is 0 Å². The topological polar surface area (TPSA) is 60.9 Å². The molecule has 1 aliphatic rings. The molecule has 7 heteroatoms. The second-order valence-corrected chi connectivity index (χ2v) is 6.32. The van der Waals surface area contributed by atoms with Crippen molar-refractivity contribution in [2.45, 2.75) is 0 Å². The van der Waals surface area contributed by atoms with E-state index in [4.69, 9.17) is 4.98 Å². The first-order valence-electron chi connectivity index (χ1n) is 7.65. The summed E-state index contributed by atoms with van der Waals surface area (Å²) in [6.07, 6.45) is 3.93. The smallest absolute Gasteiger partial charge is 0.226 e. The SMILES string of the molecule is CSN1CCN(c2nccc(-c3nc4ccccc4[nH]3)n2)CC1. The van der Waals surface area contributed by atoms with E-state index >= 15 is 0 Å². The minimum absolute atomic E-state index is 0.781. The number of piperazine rings is 1. The first-order chi connectivity index (χ1) is 11.3. The number of benzene rings is 1. The van der Waals surface area contributed by atoms with Crippen LogP contribution in [0.5, 0.6) is 0 Å². The Bertz CT molecular complexity index is 776. The second-order valence-electron chi connectivity index (χ2n) is 5.44. The van der Waals surface area contributed by atoms with E-state index in [9.17, 15) is 0 Å². The third-order valence-electron chi connectivity index (χ3n) is 4.05. The summed E-state index contributed by atoms with van der Waals surface area (Å²) >= 11 is 1.80. The molecule has 1 saturated heterocycles. The van der Waals surface area contributed by atoms with Crippen LogP contribution in [0.15, 0.2) is 36.5 Å². The summed E-state index contributed by atoms with van der Waals surface area (Å²) in [5.74, 6) is 1.57. The van der Waals surface area contributed by atoms with Gasteiger partial charge in [-0.25, -0.2) is 19.3 Å². The Morgan fingerprint density at radius 1 is 1.04 bits per heavy atom. The average molecular weight is 326 g/mol. The van der Waals surface area contributed by atoms with Gasteiger partial charge in [0.15, 0.2) is 5.82 Å². The minimum atomic E-state index is 0.781. The summed E-state index contributed by atoms with van der Waals surface area (Å²) in [6.45, 7) is 3.95. The molecule has 3 aromatic rings. The lowest BCUT2D eigenvalue weighted by Crippen LogP contribution is -2.44. The van der Waals surface area contributed by atoms with E-state index in [-0.39, 0.29) is 0 Å². The number of para-hydroxylation sites is 2. The van der Waals surface area contributed by atoms with E-state index in [0.29, 0.717) is 0 Å². The van der Waals surface area contributed by atoms with Crippen molar-refractivity contribution >= 4 is 28.9 Å². The molecular formula is C16H18N6S. The van der Waals surface area contributed by atoms with Gasteiger partial charge in [-0.2, -0.15) is 0 Å².